The SMILES string of the molecule is C[C@@H]1[C@@H]([Si](C)(C)O)[C@H](CC(=O)N2CCC[C@H]2CO)O[C@@H]1CCc1cccc(N2N=C(c3ccccc3)CCC2=O)c1. The first kappa shape index (κ1) is 29.6. The summed E-state index contributed by atoms with van der Waals surface area (Å²) in [4.78, 5) is 39.0. The zero-order valence-corrected chi connectivity index (χ0v) is 25.4. The molecule has 3 aliphatic heterocycles. The molecule has 2 fully saturated rings. The van der Waals surface area contributed by atoms with Crippen LogP contribution in [0.1, 0.15) is 56.6 Å². The average Bonchev–Trinajstić information content (AvgIpc) is 3.56. The summed E-state index contributed by atoms with van der Waals surface area (Å²) in [6.45, 7) is 6.67. The third-order valence-electron chi connectivity index (χ3n) is 9.02. The summed E-state index contributed by atoms with van der Waals surface area (Å²) in [5.74, 6) is 0.120. The highest BCUT2D eigenvalue weighted by molar-refractivity contribution is 6.71. The van der Waals surface area contributed by atoms with Crippen molar-refractivity contribution in [2.24, 2.45) is 11.0 Å². The maximum absolute atomic E-state index is 13.2. The second-order valence-corrected chi connectivity index (χ2v) is 16.3. The van der Waals surface area contributed by atoms with Crippen molar-refractivity contribution in [2.45, 2.75) is 88.8 Å². The monoisotopic (exact) mass is 577 g/mol. The van der Waals surface area contributed by atoms with E-state index in [0.717, 1.165) is 48.2 Å². The van der Waals surface area contributed by atoms with Gasteiger partial charge in [0.05, 0.1) is 42.7 Å². The second-order valence-electron chi connectivity index (χ2n) is 12.3. The van der Waals surface area contributed by atoms with Crippen LogP contribution < -0.4 is 5.01 Å². The maximum Gasteiger partial charge on any atom is 0.247 e. The Balaban J connectivity index is 1.27. The standard InChI is InChI=1S/C32H43N3O5Si/c1-22-28(40-29(32(22)41(2,3)39)20-31(38)34-18-8-13-26(34)21-36)16-14-23-9-7-12-25(19-23)35-30(37)17-15-27(33-35)24-10-5-4-6-11-24/h4-7,9-12,19,22,26,28-29,32,36,39H,8,13-18,20-21H2,1-3H3/t22-,26-,28+,29-,32+/m0/s1. The third-order valence-corrected chi connectivity index (χ3v) is 11.5. The lowest BCUT2D eigenvalue weighted by Crippen LogP contribution is -2.43. The molecule has 5 rings (SSSR count). The van der Waals surface area contributed by atoms with Gasteiger partial charge in [0, 0.05) is 24.9 Å². The number of rotatable bonds is 9. The Hall–Kier alpha value is -2.85. The number of nitrogens with zero attached hydrogens (tertiary/aromatic N) is 3. The van der Waals surface area contributed by atoms with Gasteiger partial charge in [0.15, 0.2) is 8.32 Å². The van der Waals surface area contributed by atoms with E-state index in [1.807, 2.05) is 61.6 Å². The van der Waals surface area contributed by atoms with Gasteiger partial charge in [0.2, 0.25) is 11.8 Å². The van der Waals surface area contributed by atoms with Crippen LogP contribution in [0.5, 0.6) is 0 Å². The minimum Gasteiger partial charge on any atom is -0.432 e. The molecule has 2 N–H and O–H groups in total. The number of ether oxygens (including phenoxy) is 1. The molecule has 2 amide bonds. The first-order valence-corrected chi connectivity index (χ1v) is 18.0. The van der Waals surface area contributed by atoms with Crippen molar-refractivity contribution in [1.82, 2.24) is 4.90 Å². The fourth-order valence-corrected chi connectivity index (χ4v) is 9.60. The number of hydrogen-bond donors (Lipinski definition) is 2. The number of carbonyl (C=O) groups excluding carboxylic acids is 2. The molecule has 2 aromatic carbocycles. The molecular formula is C32H43N3O5Si. The van der Waals surface area contributed by atoms with E-state index >= 15 is 0 Å². The molecule has 2 saturated heterocycles. The smallest absolute Gasteiger partial charge is 0.247 e. The van der Waals surface area contributed by atoms with Crippen molar-refractivity contribution < 1.29 is 24.2 Å². The van der Waals surface area contributed by atoms with E-state index in [1.165, 1.54) is 5.01 Å². The molecule has 0 spiro atoms. The number of likely N-dealkylation sites (tertiary alicyclic amines) is 1. The molecule has 9 heteroatoms. The Bertz CT molecular complexity index is 1260. The van der Waals surface area contributed by atoms with Gasteiger partial charge in [-0.3, -0.25) is 9.59 Å². The van der Waals surface area contributed by atoms with Crippen molar-refractivity contribution >= 4 is 31.5 Å². The average molecular weight is 578 g/mol. The minimum absolute atomic E-state index is 0.0111. The highest BCUT2D eigenvalue weighted by Crippen LogP contribution is 2.46. The van der Waals surface area contributed by atoms with Crippen molar-refractivity contribution in [3.8, 4) is 0 Å². The highest BCUT2D eigenvalue weighted by atomic mass is 28.4. The number of anilines is 1. The molecule has 3 heterocycles. The highest BCUT2D eigenvalue weighted by Gasteiger charge is 2.50. The molecule has 0 saturated carbocycles. The third kappa shape index (κ3) is 6.64. The first-order chi connectivity index (χ1) is 19.7. The van der Waals surface area contributed by atoms with Gasteiger partial charge >= 0.3 is 0 Å². The first-order valence-electron chi connectivity index (χ1n) is 15.0. The maximum atomic E-state index is 13.2. The minimum atomic E-state index is -2.61. The van der Waals surface area contributed by atoms with E-state index < -0.39 is 8.32 Å². The molecule has 5 atom stereocenters. The number of aliphatic hydroxyl groups excluding tert-OH is 1. The lowest BCUT2D eigenvalue weighted by Gasteiger charge is -2.31. The van der Waals surface area contributed by atoms with Crippen molar-refractivity contribution in [3.63, 3.8) is 0 Å². The zero-order chi connectivity index (χ0) is 29.1. The molecule has 41 heavy (non-hydrogen) atoms. The summed E-state index contributed by atoms with van der Waals surface area (Å²) in [6.07, 6.45) is 4.14. The summed E-state index contributed by atoms with van der Waals surface area (Å²) in [7, 11) is -2.61. The number of aliphatic hydroxyl groups is 1. The summed E-state index contributed by atoms with van der Waals surface area (Å²) in [5, 5.41) is 15.9. The van der Waals surface area contributed by atoms with Gasteiger partial charge < -0.3 is 19.5 Å². The van der Waals surface area contributed by atoms with Crippen LogP contribution in [0, 0.1) is 5.92 Å². The van der Waals surface area contributed by atoms with Gasteiger partial charge in [-0.2, -0.15) is 5.10 Å². The van der Waals surface area contributed by atoms with E-state index in [0.29, 0.717) is 19.4 Å². The van der Waals surface area contributed by atoms with Crippen LogP contribution >= 0.6 is 0 Å². The van der Waals surface area contributed by atoms with Crippen LogP contribution in [0.25, 0.3) is 0 Å². The van der Waals surface area contributed by atoms with Gasteiger partial charge in [-0.1, -0.05) is 49.4 Å². The number of hydrogen-bond acceptors (Lipinski definition) is 6. The number of hydrazone groups is 1. The van der Waals surface area contributed by atoms with E-state index in [9.17, 15) is 19.5 Å². The Kier molecular flexibility index (Phi) is 9.08. The summed E-state index contributed by atoms with van der Waals surface area (Å²) >= 11 is 0. The molecule has 0 aliphatic carbocycles. The number of amides is 2. The molecular weight excluding hydrogens is 534 g/mol. The van der Waals surface area contributed by atoms with Crippen LogP contribution in [0.4, 0.5) is 5.69 Å². The Labute approximate surface area is 244 Å². The van der Waals surface area contributed by atoms with E-state index in [4.69, 9.17) is 9.84 Å². The molecule has 220 valence electrons. The van der Waals surface area contributed by atoms with Gasteiger partial charge in [0.25, 0.3) is 0 Å². The Morgan fingerprint density at radius 1 is 1.10 bits per heavy atom. The number of aryl methyl sites for hydroxylation is 1. The van der Waals surface area contributed by atoms with E-state index in [2.05, 4.69) is 13.0 Å². The van der Waals surface area contributed by atoms with Gasteiger partial charge in [-0.25, -0.2) is 5.01 Å². The predicted molar refractivity (Wildman–Crippen MR) is 162 cm³/mol. The van der Waals surface area contributed by atoms with Crippen LogP contribution in [0.15, 0.2) is 59.7 Å². The van der Waals surface area contributed by atoms with Gasteiger partial charge in [0.1, 0.15) is 0 Å². The van der Waals surface area contributed by atoms with Crippen LogP contribution in [-0.2, 0) is 20.7 Å². The molecule has 2 aromatic rings. The Morgan fingerprint density at radius 3 is 2.61 bits per heavy atom. The lowest BCUT2D eigenvalue weighted by molar-refractivity contribution is -0.135. The molecule has 0 aromatic heterocycles. The molecule has 0 bridgehead atoms. The fourth-order valence-electron chi connectivity index (χ4n) is 7.00. The summed E-state index contributed by atoms with van der Waals surface area (Å²) in [6, 6.07) is 17.8. The topological polar surface area (TPSA) is 103 Å². The van der Waals surface area contributed by atoms with Crippen LogP contribution in [0.3, 0.4) is 0 Å². The van der Waals surface area contributed by atoms with E-state index in [1.54, 1.807) is 4.90 Å². The second kappa shape index (κ2) is 12.6. The van der Waals surface area contributed by atoms with Crippen molar-refractivity contribution in [2.75, 3.05) is 18.2 Å². The normalized spacial score (nSPS) is 26.9. The van der Waals surface area contributed by atoms with E-state index in [-0.39, 0.29) is 54.6 Å². The number of carbonyl (C=O) groups is 2. The van der Waals surface area contributed by atoms with Crippen LogP contribution in [-0.4, -0.2) is 72.0 Å². The lowest BCUT2D eigenvalue weighted by atomic mass is 9.95. The molecule has 0 unspecified atom stereocenters. The quantitative estimate of drug-likeness (QED) is 0.428. The van der Waals surface area contributed by atoms with Crippen molar-refractivity contribution in [3.05, 3.63) is 65.7 Å². The van der Waals surface area contributed by atoms with Crippen LogP contribution in [0.2, 0.25) is 18.6 Å². The molecule has 3 aliphatic rings. The number of benzene rings is 2. The summed E-state index contributed by atoms with van der Waals surface area (Å²) < 4.78 is 6.54. The molecule has 0 radical (unpaired) electrons. The zero-order valence-electron chi connectivity index (χ0n) is 24.4. The van der Waals surface area contributed by atoms with Gasteiger partial charge in [-0.15, -0.1) is 0 Å². The largest absolute Gasteiger partial charge is 0.432 e. The summed E-state index contributed by atoms with van der Waals surface area (Å²) in [5.41, 5.74) is 3.74. The van der Waals surface area contributed by atoms with Gasteiger partial charge in [-0.05, 0) is 68.0 Å². The molecule has 8 nitrogen and oxygen atoms in total. The van der Waals surface area contributed by atoms with Crippen molar-refractivity contribution in [1.29, 1.82) is 0 Å². The fraction of sp³-hybridized carbons (Fsp3) is 0.531. The Morgan fingerprint density at radius 2 is 1.88 bits per heavy atom. The predicted octanol–water partition coefficient (Wildman–Crippen LogP) is 4.49.